The molecule has 0 fully saturated rings. The van der Waals surface area contributed by atoms with Gasteiger partial charge in [0.25, 0.3) is 0 Å². The second-order valence-corrected chi connectivity index (χ2v) is 3.76. The lowest BCUT2D eigenvalue weighted by atomic mass is 10.1. The summed E-state index contributed by atoms with van der Waals surface area (Å²) in [4.78, 5) is 9.97. The van der Waals surface area contributed by atoms with Gasteiger partial charge in [0.1, 0.15) is 4.83 Å². The number of carbonyl (C=O) groups is 1. The second kappa shape index (κ2) is 6.65. The number of hydrogen-bond acceptors (Lipinski definition) is 1. The van der Waals surface area contributed by atoms with E-state index >= 15 is 0 Å². The predicted octanol–water partition coefficient (Wildman–Crippen LogP) is 2.80. The van der Waals surface area contributed by atoms with Crippen molar-refractivity contribution in [1.29, 1.82) is 0 Å². The lowest BCUT2D eigenvalue weighted by Crippen LogP contribution is -2.11. The molecule has 0 unspecified atom stereocenters. The van der Waals surface area contributed by atoms with Gasteiger partial charge in [0, 0.05) is 0 Å². The molecule has 0 saturated heterocycles. The minimum atomic E-state index is -0.749. The maximum absolute atomic E-state index is 10.3. The largest absolute Gasteiger partial charge is 0.480 e. The molecule has 0 radical (unpaired) electrons. The normalized spacial score (nSPS) is 12.9. The molecule has 66 valence electrons. The highest BCUT2D eigenvalue weighted by Crippen LogP contribution is 2.11. The number of hydrogen-bond donors (Lipinski definition) is 1. The van der Waals surface area contributed by atoms with Crippen LogP contribution >= 0.6 is 15.9 Å². The number of rotatable bonds is 6. The van der Waals surface area contributed by atoms with Gasteiger partial charge in [0.2, 0.25) is 0 Å². The monoisotopic (exact) mass is 222 g/mol. The Hall–Kier alpha value is -0.0500. The lowest BCUT2D eigenvalue weighted by Gasteiger charge is -2.02. The fourth-order valence-electron chi connectivity index (χ4n) is 0.874. The van der Waals surface area contributed by atoms with Crippen molar-refractivity contribution in [3.05, 3.63) is 0 Å². The maximum Gasteiger partial charge on any atom is 0.317 e. The van der Waals surface area contributed by atoms with Gasteiger partial charge >= 0.3 is 5.97 Å². The summed E-state index contributed by atoms with van der Waals surface area (Å²) in [6, 6.07) is 0. The van der Waals surface area contributed by atoms with Crippen LogP contribution in [0.5, 0.6) is 0 Å². The topological polar surface area (TPSA) is 37.3 Å². The van der Waals surface area contributed by atoms with Crippen molar-refractivity contribution in [2.24, 2.45) is 0 Å². The summed E-state index contributed by atoms with van der Waals surface area (Å²) in [6.07, 6.45) is 5.30. The zero-order chi connectivity index (χ0) is 8.69. The van der Waals surface area contributed by atoms with Crippen LogP contribution in [0, 0.1) is 0 Å². The van der Waals surface area contributed by atoms with E-state index in [2.05, 4.69) is 22.9 Å². The standard InChI is InChI=1S/C8H15BrO2/c1-2-3-4-5-6-7(9)8(10)11/h7H,2-6H2,1H3,(H,10,11)/t7-/m0/s1. The van der Waals surface area contributed by atoms with Crippen LogP contribution in [0.25, 0.3) is 0 Å². The Balaban J connectivity index is 3.17. The summed E-state index contributed by atoms with van der Waals surface area (Å²) in [7, 11) is 0. The predicted molar refractivity (Wildman–Crippen MR) is 49.1 cm³/mol. The van der Waals surface area contributed by atoms with Crippen LogP contribution in [0.3, 0.4) is 0 Å². The van der Waals surface area contributed by atoms with E-state index in [4.69, 9.17) is 5.11 Å². The van der Waals surface area contributed by atoms with Crippen LogP contribution in [0.15, 0.2) is 0 Å². The van der Waals surface area contributed by atoms with Crippen molar-refractivity contribution in [3.8, 4) is 0 Å². The van der Waals surface area contributed by atoms with Gasteiger partial charge in [-0.2, -0.15) is 0 Å². The van der Waals surface area contributed by atoms with Gasteiger partial charge in [-0.05, 0) is 6.42 Å². The Morgan fingerprint density at radius 3 is 2.55 bits per heavy atom. The van der Waals surface area contributed by atoms with E-state index in [0.717, 1.165) is 19.3 Å². The van der Waals surface area contributed by atoms with Gasteiger partial charge in [-0.3, -0.25) is 4.79 Å². The molecule has 0 aromatic heterocycles. The number of aliphatic carboxylic acids is 1. The molecule has 0 aliphatic carbocycles. The van der Waals surface area contributed by atoms with E-state index in [1.165, 1.54) is 12.8 Å². The van der Waals surface area contributed by atoms with Gasteiger partial charge in [-0.1, -0.05) is 48.5 Å². The van der Waals surface area contributed by atoms with E-state index in [0.29, 0.717) is 0 Å². The van der Waals surface area contributed by atoms with Crippen LogP contribution in [-0.2, 0) is 4.79 Å². The zero-order valence-corrected chi connectivity index (χ0v) is 8.43. The maximum atomic E-state index is 10.3. The molecule has 0 heterocycles. The van der Waals surface area contributed by atoms with Crippen LogP contribution in [-0.4, -0.2) is 15.9 Å². The molecular formula is C8H15BrO2. The average molecular weight is 223 g/mol. The number of carboxylic acid groups (broad SMARTS) is 1. The summed E-state index contributed by atoms with van der Waals surface area (Å²) < 4.78 is 0. The Kier molecular flexibility index (Phi) is 6.62. The first-order valence-corrected chi connectivity index (χ1v) is 4.97. The van der Waals surface area contributed by atoms with E-state index in [1.807, 2.05) is 0 Å². The van der Waals surface area contributed by atoms with E-state index in [9.17, 15) is 4.79 Å². The fourth-order valence-corrected chi connectivity index (χ4v) is 1.20. The Morgan fingerprint density at radius 1 is 1.45 bits per heavy atom. The zero-order valence-electron chi connectivity index (χ0n) is 6.85. The van der Waals surface area contributed by atoms with Crippen molar-refractivity contribution in [2.75, 3.05) is 0 Å². The highest BCUT2D eigenvalue weighted by atomic mass is 79.9. The molecule has 0 aromatic carbocycles. The van der Waals surface area contributed by atoms with Crippen molar-refractivity contribution in [2.45, 2.75) is 43.9 Å². The lowest BCUT2D eigenvalue weighted by molar-refractivity contribution is -0.136. The molecule has 0 bridgehead atoms. The van der Waals surface area contributed by atoms with Crippen molar-refractivity contribution in [3.63, 3.8) is 0 Å². The summed E-state index contributed by atoms with van der Waals surface area (Å²) in [5, 5.41) is 8.49. The smallest absolute Gasteiger partial charge is 0.317 e. The molecule has 0 spiro atoms. The van der Waals surface area contributed by atoms with E-state index in [1.54, 1.807) is 0 Å². The molecule has 1 atom stereocenters. The van der Waals surface area contributed by atoms with Gasteiger partial charge in [0.05, 0.1) is 0 Å². The molecule has 2 nitrogen and oxygen atoms in total. The minimum Gasteiger partial charge on any atom is -0.480 e. The molecular weight excluding hydrogens is 208 g/mol. The molecule has 0 aliphatic rings. The summed E-state index contributed by atoms with van der Waals surface area (Å²) in [5.41, 5.74) is 0. The molecule has 0 amide bonds. The van der Waals surface area contributed by atoms with Crippen LogP contribution in [0.4, 0.5) is 0 Å². The second-order valence-electron chi connectivity index (χ2n) is 2.66. The SMILES string of the molecule is CCCCCC[C@H](Br)C(=O)O. The molecule has 3 heteroatoms. The van der Waals surface area contributed by atoms with Crippen molar-refractivity contribution in [1.82, 2.24) is 0 Å². The van der Waals surface area contributed by atoms with Gasteiger partial charge in [0.15, 0.2) is 0 Å². The fraction of sp³-hybridized carbons (Fsp3) is 0.875. The summed E-state index contributed by atoms with van der Waals surface area (Å²) in [5.74, 6) is -0.749. The molecule has 0 aliphatic heterocycles. The third-order valence-electron chi connectivity index (χ3n) is 1.58. The Morgan fingerprint density at radius 2 is 2.09 bits per heavy atom. The Bertz CT molecular complexity index is 115. The van der Waals surface area contributed by atoms with Crippen LogP contribution in [0.2, 0.25) is 0 Å². The van der Waals surface area contributed by atoms with Crippen LogP contribution < -0.4 is 0 Å². The molecule has 0 aromatic rings. The average Bonchev–Trinajstić information content (AvgIpc) is 1.97. The third-order valence-corrected chi connectivity index (χ3v) is 2.43. The summed E-state index contributed by atoms with van der Waals surface area (Å²) in [6.45, 7) is 2.14. The summed E-state index contributed by atoms with van der Waals surface area (Å²) >= 11 is 3.09. The van der Waals surface area contributed by atoms with Gasteiger partial charge in [-0.25, -0.2) is 0 Å². The first-order valence-electron chi connectivity index (χ1n) is 4.05. The van der Waals surface area contributed by atoms with Gasteiger partial charge < -0.3 is 5.11 Å². The van der Waals surface area contributed by atoms with E-state index in [-0.39, 0.29) is 4.83 Å². The highest BCUT2D eigenvalue weighted by Gasteiger charge is 2.11. The number of unbranched alkanes of at least 4 members (excludes halogenated alkanes) is 3. The first kappa shape index (κ1) is 11.0. The number of carboxylic acids is 1. The van der Waals surface area contributed by atoms with Crippen LogP contribution in [0.1, 0.15) is 39.0 Å². The van der Waals surface area contributed by atoms with E-state index < -0.39 is 5.97 Å². The minimum absolute atomic E-state index is 0.348. The first-order chi connectivity index (χ1) is 5.18. The molecule has 11 heavy (non-hydrogen) atoms. The molecule has 0 saturated carbocycles. The number of halogens is 1. The van der Waals surface area contributed by atoms with Crippen molar-refractivity contribution >= 4 is 21.9 Å². The Labute approximate surface area is 76.1 Å². The molecule has 1 N–H and O–H groups in total. The third kappa shape index (κ3) is 6.35. The quantitative estimate of drug-likeness (QED) is 0.555. The molecule has 0 rings (SSSR count). The van der Waals surface area contributed by atoms with Gasteiger partial charge in [-0.15, -0.1) is 0 Å². The van der Waals surface area contributed by atoms with Crippen molar-refractivity contribution < 1.29 is 9.90 Å². The highest BCUT2D eigenvalue weighted by molar-refractivity contribution is 9.10. The number of alkyl halides is 1.